The molecule has 1 aliphatic carbocycles. The quantitative estimate of drug-likeness (QED) is 0.807. The smallest absolute Gasteiger partial charge is 0.344 e. The summed E-state index contributed by atoms with van der Waals surface area (Å²) in [5.41, 5.74) is 1.47. The van der Waals surface area contributed by atoms with Crippen molar-refractivity contribution in [2.24, 2.45) is 0 Å². The molecule has 7 heteroatoms. The third kappa shape index (κ3) is 2.28. The van der Waals surface area contributed by atoms with Crippen LogP contribution < -0.4 is 10.7 Å². The molecule has 0 atom stereocenters. The number of nitrogens with one attached hydrogen (secondary N) is 2. The van der Waals surface area contributed by atoms with Crippen molar-refractivity contribution in [1.29, 1.82) is 0 Å². The summed E-state index contributed by atoms with van der Waals surface area (Å²) in [4.78, 5) is 36.4. The Morgan fingerprint density at radius 2 is 2.00 bits per heavy atom. The maximum absolute atomic E-state index is 12.5. The zero-order valence-corrected chi connectivity index (χ0v) is 11.8. The molecule has 1 aliphatic heterocycles. The number of imide groups is 1. The maximum atomic E-state index is 12.5. The first kappa shape index (κ1) is 13.7. The first-order chi connectivity index (χ1) is 10.0. The molecule has 21 heavy (non-hydrogen) atoms. The second-order valence-electron chi connectivity index (χ2n) is 5.56. The topological polar surface area (TPSA) is 91.7 Å². The molecule has 0 aromatic carbocycles. The van der Waals surface area contributed by atoms with Crippen molar-refractivity contribution in [3.63, 3.8) is 0 Å². The van der Waals surface area contributed by atoms with Gasteiger partial charge < -0.3 is 9.73 Å². The lowest BCUT2D eigenvalue weighted by Crippen LogP contribution is -2.50. The molecule has 7 nitrogen and oxygen atoms in total. The van der Waals surface area contributed by atoms with Crippen LogP contribution in [0.2, 0.25) is 0 Å². The fourth-order valence-corrected chi connectivity index (χ4v) is 2.93. The Balaban J connectivity index is 1.75. The van der Waals surface area contributed by atoms with E-state index in [4.69, 9.17) is 4.42 Å². The average Bonchev–Trinajstić information content (AvgIpc) is 2.98. The maximum Gasteiger partial charge on any atom is 0.344 e. The van der Waals surface area contributed by atoms with Crippen LogP contribution >= 0.6 is 0 Å². The third-order valence-corrected chi connectivity index (χ3v) is 4.05. The van der Waals surface area contributed by atoms with Crippen molar-refractivity contribution in [3.05, 3.63) is 23.7 Å². The van der Waals surface area contributed by atoms with Crippen molar-refractivity contribution in [1.82, 2.24) is 15.8 Å². The number of furan rings is 1. The van der Waals surface area contributed by atoms with E-state index in [0.29, 0.717) is 18.6 Å². The lowest BCUT2D eigenvalue weighted by Gasteiger charge is -2.30. The lowest BCUT2D eigenvalue weighted by atomic mass is 9.82. The van der Waals surface area contributed by atoms with Crippen LogP contribution in [0.15, 0.2) is 16.5 Å². The number of carbonyl (C=O) groups is 3. The molecule has 1 saturated heterocycles. The van der Waals surface area contributed by atoms with Crippen LogP contribution in [0.4, 0.5) is 4.79 Å². The number of hydrazine groups is 1. The van der Waals surface area contributed by atoms with Gasteiger partial charge in [0.2, 0.25) is 0 Å². The van der Waals surface area contributed by atoms with Crippen molar-refractivity contribution < 1.29 is 18.8 Å². The van der Waals surface area contributed by atoms with Crippen LogP contribution in [0, 0.1) is 6.92 Å². The fraction of sp³-hybridized carbons (Fsp3) is 0.500. The molecule has 1 spiro atoms. The van der Waals surface area contributed by atoms with Crippen molar-refractivity contribution in [3.8, 4) is 0 Å². The molecule has 2 fully saturated rings. The monoisotopic (exact) mass is 291 g/mol. The molecule has 3 rings (SSSR count). The highest BCUT2D eigenvalue weighted by atomic mass is 16.4. The zero-order valence-electron chi connectivity index (χ0n) is 11.8. The molecular formula is C14H17N3O4. The molecule has 1 aromatic heterocycles. The van der Waals surface area contributed by atoms with Crippen molar-refractivity contribution in [2.45, 2.75) is 44.6 Å². The van der Waals surface area contributed by atoms with Gasteiger partial charge in [-0.15, -0.1) is 0 Å². The normalized spacial score (nSPS) is 20.7. The SMILES string of the molecule is Cc1ccc(C(=O)NN2C(=O)NC3(CCCCC3)C2=O)o1. The summed E-state index contributed by atoms with van der Waals surface area (Å²) in [6.07, 6.45) is 4.08. The van der Waals surface area contributed by atoms with Crippen LogP contribution in [0.25, 0.3) is 0 Å². The third-order valence-electron chi connectivity index (χ3n) is 4.05. The highest BCUT2D eigenvalue weighted by molar-refractivity contribution is 6.09. The molecule has 2 heterocycles. The fourth-order valence-electron chi connectivity index (χ4n) is 2.93. The zero-order chi connectivity index (χ0) is 15.0. The van der Waals surface area contributed by atoms with Crippen LogP contribution in [0.3, 0.4) is 0 Å². The standard InChI is InChI=1S/C14H17N3O4/c1-9-5-6-10(21-9)11(18)16-17-12(19)14(15-13(17)20)7-3-2-4-8-14/h5-6H,2-4,7-8H2,1H3,(H,15,20)(H,16,18). The Morgan fingerprint density at radius 1 is 1.29 bits per heavy atom. The Hall–Kier alpha value is -2.31. The molecular weight excluding hydrogens is 274 g/mol. The number of rotatable bonds is 2. The van der Waals surface area contributed by atoms with Crippen LogP contribution in [-0.2, 0) is 4.79 Å². The summed E-state index contributed by atoms with van der Waals surface area (Å²) < 4.78 is 5.18. The molecule has 4 amide bonds. The predicted octanol–water partition coefficient (Wildman–Crippen LogP) is 1.49. The van der Waals surface area contributed by atoms with E-state index in [-0.39, 0.29) is 11.7 Å². The summed E-state index contributed by atoms with van der Waals surface area (Å²) in [6.45, 7) is 1.71. The van der Waals surface area contributed by atoms with Gasteiger partial charge in [0, 0.05) is 0 Å². The number of aryl methyl sites for hydroxylation is 1. The van der Waals surface area contributed by atoms with Gasteiger partial charge in [0.05, 0.1) is 0 Å². The highest BCUT2D eigenvalue weighted by Crippen LogP contribution is 2.33. The van der Waals surface area contributed by atoms with Crippen LogP contribution in [-0.4, -0.2) is 28.4 Å². The molecule has 0 bridgehead atoms. The Morgan fingerprint density at radius 3 is 2.62 bits per heavy atom. The number of carbonyl (C=O) groups excluding carboxylic acids is 3. The largest absolute Gasteiger partial charge is 0.456 e. The van der Waals surface area contributed by atoms with Gasteiger partial charge in [-0.1, -0.05) is 19.3 Å². The van der Waals surface area contributed by atoms with Gasteiger partial charge in [0.15, 0.2) is 5.76 Å². The molecule has 1 saturated carbocycles. The van der Waals surface area contributed by atoms with E-state index < -0.39 is 17.5 Å². The van der Waals surface area contributed by atoms with E-state index >= 15 is 0 Å². The van der Waals surface area contributed by atoms with Gasteiger partial charge in [0.1, 0.15) is 11.3 Å². The summed E-state index contributed by atoms with van der Waals surface area (Å²) in [7, 11) is 0. The van der Waals surface area contributed by atoms with E-state index in [9.17, 15) is 14.4 Å². The van der Waals surface area contributed by atoms with Gasteiger partial charge in [-0.2, -0.15) is 5.01 Å². The van der Waals surface area contributed by atoms with Gasteiger partial charge >= 0.3 is 11.9 Å². The van der Waals surface area contributed by atoms with Crippen LogP contribution in [0.5, 0.6) is 0 Å². The minimum Gasteiger partial charge on any atom is -0.456 e. The second-order valence-corrected chi connectivity index (χ2v) is 5.56. The molecule has 2 N–H and O–H groups in total. The molecule has 1 aromatic rings. The van der Waals surface area contributed by atoms with E-state index in [1.807, 2.05) is 0 Å². The minimum atomic E-state index is -0.846. The average molecular weight is 291 g/mol. The first-order valence-corrected chi connectivity index (χ1v) is 7.06. The van der Waals surface area contributed by atoms with E-state index in [1.165, 1.54) is 6.07 Å². The Kier molecular flexibility index (Phi) is 3.19. The summed E-state index contributed by atoms with van der Waals surface area (Å²) in [6, 6.07) is 2.56. The van der Waals surface area contributed by atoms with E-state index in [1.54, 1.807) is 13.0 Å². The number of hydrogen-bond acceptors (Lipinski definition) is 4. The number of amides is 4. The summed E-state index contributed by atoms with van der Waals surface area (Å²) >= 11 is 0. The van der Waals surface area contributed by atoms with Crippen molar-refractivity contribution in [2.75, 3.05) is 0 Å². The second kappa shape index (κ2) is 4.91. The molecule has 112 valence electrons. The lowest BCUT2D eigenvalue weighted by molar-refractivity contribution is -0.134. The number of hydrogen-bond donors (Lipinski definition) is 2. The Labute approximate surface area is 121 Å². The van der Waals surface area contributed by atoms with Crippen LogP contribution in [0.1, 0.15) is 48.4 Å². The van der Waals surface area contributed by atoms with Gasteiger partial charge in [-0.3, -0.25) is 9.59 Å². The molecule has 2 aliphatic rings. The summed E-state index contributed by atoms with van der Waals surface area (Å²) in [5.74, 6) is -0.345. The number of urea groups is 1. The summed E-state index contributed by atoms with van der Waals surface area (Å²) in [5, 5.41) is 3.49. The predicted molar refractivity (Wildman–Crippen MR) is 72.1 cm³/mol. The molecule has 0 unspecified atom stereocenters. The van der Waals surface area contributed by atoms with E-state index in [0.717, 1.165) is 24.3 Å². The minimum absolute atomic E-state index is 0.0673. The number of nitrogens with zero attached hydrogens (tertiary/aromatic N) is 1. The van der Waals surface area contributed by atoms with E-state index in [2.05, 4.69) is 10.7 Å². The first-order valence-electron chi connectivity index (χ1n) is 7.06. The van der Waals surface area contributed by atoms with Gasteiger partial charge in [0.25, 0.3) is 5.91 Å². The highest BCUT2D eigenvalue weighted by Gasteiger charge is 2.52. The molecule has 0 radical (unpaired) electrons. The van der Waals surface area contributed by atoms with Crippen molar-refractivity contribution >= 4 is 17.8 Å². The van der Waals surface area contributed by atoms with Gasteiger partial charge in [-0.25, -0.2) is 10.2 Å². The Bertz CT molecular complexity index is 601. The van der Waals surface area contributed by atoms with Gasteiger partial charge in [-0.05, 0) is 31.9 Å².